The van der Waals surface area contributed by atoms with Gasteiger partial charge in [0.2, 0.25) is 0 Å². The molecular formula is C8H21AlN2. The van der Waals surface area contributed by atoms with E-state index in [1.165, 1.54) is 0 Å². The molecule has 0 fully saturated rings. The largest absolute Gasteiger partial charge is 0.397 e. The summed E-state index contributed by atoms with van der Waals surface area (Å²) in [6.45, 7) is 13.6. The van der Waals surface area contributed by atoms with Crippen LogP contribution in [0.5, 0.6) is 0 Å². The van der Waals surface area contributed by atoms with Gasteiger partial charge in [0, 0.05) is 0 Å². The first-order chi connectivity index (χ1) is 4.69. The van der Waals surface area contributed by atoms with Gasteiger partial charge in [0.1, 0.15) is 0 Å². The summed E-state index contributed by atoms with van der Waals surface area (Å²) in [6.07, 6.45) is 0. The van der Waals surface area contributed by atoms with Crippen LogP contribution in [-0.4, -0.2) is 14.4 Å². The molecule has 0 aromatic carbocycles. The molecule has 0 radical (unpaired) electrons. The fourth-order valence-electron chi connectivity index (χ4n) is 1.80. The predicted molar refractivity (Wildman–Crippen MR) is 52.5 cm³/mol. The van der Waals surface area contributed by atoms with Gasteiger partial charge in [0.25, 0.3) is 0 Å². The molecule has 11 heavy (non-hydrogen) atoms. The van der Waals surface area contributed by atoms with Crippen molar-refractivity contribution in [1.82, 2.24) is 4.41 Å². The number of hydrogen-bond acceptors (Lipinski definition) is 2. The Morgan fingerprint density at radius 2 is 1.18 bits per heavy atom. The van der Waals surface area contributed by atoms with Crippen LogP contribution in [0.4, 0.5) is 0 Å². The van der Waals surface area contributed by atoms with Crippen molar-refractivity contribution in [3.63, 3.8) is 0 Å². The summed E-state index contributed by atoms with van der Waals surface area (Å²) < 4.78 is 3.73. The number of nitrogens with one attached hydrogen (secondary N) is 1. The topological polar surface area (TPSA) is 38.0 Å². The highest BCUT2D eigenvalue weighted by Gasteiger charge is 2.41. The summed E-state index contributed by atoms with van der Waals surface area (Å²) in [5.74, 6) is 5.56. The molecule has 0 aromatic heterocycles. The van der Waals surface area contributed by atoms with E-state index in [1.807, 2.05) is 0 Å². The van der Waals surface area contributed by atoms with E-state index in [9.17, 15) is 0 Å². The van der Waals surface area contributed by atoms with Crippen LogP contribution in [-0.2, 0) is 0 Å². The molecule has 0 amide bonds. The van der Waals surface area contributed by atoms with Gasteiger partial charge in [-0.2, -0.15) is 0 Å². The van der Waals surface area contributed by atoms with E-state index in [1.54, 1.807) is 0 Å². The highest BCUT2D eigenvalue weighted by Crippen LogP contribution is 2.39. The monoisotopic (exact) mass is 172 g/mol. The number of hydrazine groups is 1. The fraction of sp³-hybridized carbons (Fsp3) is 1.00. The van der Waals surface area contributed by atoms with Crippen molar-refractivity contribution >= 4 is 14.4 Å². The van der Waals surface area contributed by atoms with E-state index in [4.69, 9.17) is 5.84 Å². The first kappa shape index (κ1) is 11.5. The van der Waals surface area contributed by atoms with Crippen molar-refractivity contribution in [3.8, 4) is 0 Å². The van der Waals surface area contributed by atoms with Gasteiger partial charge in [-0.05, 0) is 0 Å². The van der Waals surface area contributed by atoms with Crippen LogP contribution in [0.25, 0.3) is 0 Å². The molecule has 0 aliphatic heterocycles. The molecule has 0 aromatic rings. The van der Waals surface area contributed by atoms with Gasteiger partial charge in [-0.3, -0.25) is 5.84 Å². The highest BCUT2D eigenvalue weighted by atomic mass is 27.2. The minimum absolute atomic E-state index is 0.354. The Kier molecular flexibility index (Phi) is 3.59. The quantitative estimate of drug-likeness (QED) is 0.361. The second-order valence-electron chi connectivity index (χ2n) is 5.33. The Hall–Kier alpha value is 0.452. The SMILES string of the molecule is C[C](C)(C)[Al]([NH]N)[C](C)(C)C. The predicted octanol–water partition coefficient (Wildman–Crippen LogP) is 2.04. The van der Waals surface area contributed by atoms with E-state index < -0.39 is 14.4 Å². The molecule has 0 atom stereocenters. The van der Waals surface area contributed by atoms with Gasteiger partial charge in [-0.25, -0.2) is 0 Å². The smallest absolute Gasteiger partial charge is 0.338 e. The molecule has 0 saturated heterocycles. The molecular weight excluding hydrogens is 151 g/mol. The minimum atomic E-state index is -1.06. The average Bonchev–Trinajstić information content (AvgIpc) is 1.56. The molecule has 0 spiro atoms. The van der Waals surface area contributed by atoms with Crippen LogP contribution in [0.2, 0.25) is 8.55 Å². The van der Waals surface area contributed by atoms with Crippen molar-refractivity contribution in [2.24, 2.45) is 5.84 Å². The first-order valence-electron chi connectivity index (χ1n) is 4.15. The summed E-state index contributed by atoms with van der Waals surface area (Å²) in [7, 11) is 0. The van der Waals surface area contributed by atoms with Gasteiger partial charge in [0.15, 0.2) is 0 Å². The second-order valence-corrected chi connectivity index (χ2v) is 10.00. The molecule has 0 saturated carbocycles. The maximum absolute atomic E-state index is 5.56. The van der Waals surface area contributed by atoms with Crippen molar-refractivity contribution in [1.29, 1.82) is 0 Å². The van der Waals surface area contributed by atoms with E-state index >= 15 is 0 Å². The summed E-state index contributed by atoms with van der Waals surface area (Å²) in [4.78, 5) is 0. The van der Waals surface area contributed by atoms with Crippen LogP contribution in [0.1, 0.15) is 41.5 Å². The molecule has 3 N–H and O–H groups in total. The van der Waals surface area contributed by atoms with Gasteiger partial charge in [0.05, 0.1) is 0 Å². The Balaban J connectivity index is 4.43. The molecule has 0 aliphatic rings. The van der Waals surface area contributed by atoms with Gasteiger partial charge < -0.3 is 4.41 Å². The second kappa shape index (κ2) is 3.45. The third-order valence-corrected chi connectivity index (χ3v) is 5.70. The normalized spacial score (nSPS) is 13.4. The summed E-state index contributed by atoms with van der Waals surface area (Å²) in [5.41, 5.74) is 0. The molecule has 3 heteroatoms. The van der Waals surface area contributed by atoms with E-state index in [0.717, 1.165) is 0 Å². The summed E-state index contributed by atoms with van der Waals surface area (Å²) >= 11 is -1.06. The van der Waals surface area contributed by atoms with Crippen LogP contribution in [0, 0.1) is 0 Å². The lowest BCUT2D eigenvalue weighted by Gasteiger charge is -2.34. The molecule has 2 nitrogen and oxygen atoms in total. The lowest BCUT2D eigenvalue weighted by Crippen LogP contribution is -2.51. The van der Waals surface area contributed by atoms with Crippen molar-refractivity contribution in [2.75, 3.05) is 0 Å². The highest BCUT2D eigenvalue weighted by molar-refractivity contribution is 6.62. The summed E-state index contributed by atoms with van der Waals surface area (Å²) in [6, 6.07) is 0. The zero-order chi connectivity index (χ0) is 9.28. The zero-order valence-electron chi connectivity index (χ0n) is 8.65. The number of rotatable bonds is 1. The van der Waals surface area contributed by atoms with Crippen LogP contribution in [0.15, 0.2) is 0 Å². The first-order valence-corrected chi connectivity index (χ1v) is 5.89. The average molecular weight is 172 g/mol. The fourth-order valence-corrected chi connectivity index (χ4v) is 5.40. The molecule has 0 bridgehead atoms. The van der Waals surface area contributed by atoms with E-state index in [0.29, 0.717) is 8.55 Å². The molecule has 0 unspecified atom stereocenters. The maximum Gasteiger partial charge on any atom is 0.397 e. The van der Waals surface area contributed by atoms with E-state index in [2.05, 4.69) is 46.0 Å². The van der Waals surface area contributed by atoms with Crippen molar-refractivity contribution in [2.45, 2.75) is 50.1 Å². The van der Waals surface area contributed by atoms with Gasteiger partial charge in [-0.15, -0.1) is 0 Å². The minimum Gasteiger partial charge on any atom is -0.338 e. The zero-order valence-corrected chi connectivity index (χ0v) is 9.81. The third-order valence-electron chi connectivity index (χ3n) is 1.90. The van der Waals surface area contributed by atoms with Crippen LogP contribution >= 0.6 is 0 Å². The Morgan fingerprint density at radius 1 is 0.909 bits per heavy atom. The van der Waals surface area contributed by atoms with Crippen LogP contribution in [0.3, 0.4) is 0 Å². The van der Waals surface area contributed by atoms with E-state index in [-0.39, 0.29) is 0 Å². The Labute approximate surface area is 75.1 Å². The molecule has 0 aliphatic carbocycles. The number of nitrogens with two attached hydrogens (primary N) is 1. The lowest BCUT2D eigenvalue weighted by molar-refractivity contribution is 0.616. The van der Waals surface area contributed by atoms with Crippen molar-refractivity contribution in [3.05, 3.63) is 0 Å². The molecule has 0 rings (SSSR count). The Morgan fingerprint density at radius 3 is 1.18 bits per heavy atom. The third kappa shape index (κ3) is 3.58. The lowest BCUT2D eigenvalue weighted by atomic mass is 10.2. The molecule has 0 heterocycles. The summed E-state index contributed by atoms with van der Waals surface area (Å²) in [5, 5.41) is 0. The maximum atomic E-state index is 5.56. The molecule has 66 valence electrons. The Bertz CT molecular complexity index is 107. The van der Waals surface area contributed by atoms with Crippen molar-refractivity contribution < 1.29 is 0 Å². The standard InChI is InChI=1S/2C4H9.Al.H3N2/c2*1-4(2)3;;1-2/h2*1-3H3;;1H,2H2/q;;+1;-1. The number of hydrogen-bond donors (Lipinski definition) is 2. The van der Waals surface area contributed by atoms with Gasteiger partial charge in [-0.1, -0.05) is 50.1 Å². The van der Waals surface area contributed by atoms with Gasteiger partial charge >= 0.3 is 14.4 Å². The van der Waals surface area contributed by atoms with Crippen LogP contribution < -0.4 is 10.3 Å².